The third-order valence-corrected chi connectivity index (χ3v) is 8.21. The SMILES string of the molecule is C[C@H]1CN(c2c(NC(=O)c3nc(-c4c(F)cccc4F)sc3NC(=O)OC(C)(C)C)cnc3c2CCC3O)CC[C@H]1O. The maximum absolute atomic E-state index is 14.6. The standard InChI is InChI=1S/C29H33F2N5O5S/c1-14-13-36(11-10-19(14)37)24-15-8-9-20(38)22(15)32-12-18(24)33-25(39)23-27(35-28(40)41-29(2,3)4)42-26(34-23)21-16(30)6-5-7-17(21)31/h5-7,12,14,19-20,37-38H,8-11,13H2,1-4H3,(H,33,39)(H,35,40)/t14-,19+,20?/m0/s1. The molecule has 1 saturated heterocycles. The zero-order chi connectivity index (χ0) is 30.3. The molecule has 2 aliphatic rings. The van der Waals surface area contributed by atoms with E-state index >= 15 is 0 Å². The van der Waals surface area contributed by atoms with Crippen molar-refractivity contribution in [2.45, 2.75) is 64.8 Å². The van der Waals surface area contributed by atoms with Crippen molar-refractivity contribution in [2.75, 3.05) is 28.6 Å². The lowest BCUT2D eigenvalue weighted by Gasteiger charge is -2.37. The number of nitrogens with one attached hydrogen (secondary N) is 2. The molecule has 2 amide bonds. The van der Waals surface area contributed by atoms with Gasteiger partial charge in [0.1, 0.15) is 27.2 Å². The molecule has 4 N–H and O–H groups in total. The number of aromatic nitrogens is 2. The fourth-order valence-corrected chi connectivity index (χ4v) is 6.24. The summed E-state index contributed by atoms with van der Waals surface area (Å²) in [5, 5.41) is 25.9. The van der Waals surface area contributed by atoms with Gasteiger partial charge in [-0.1, -0.05) is 24.3 Å². The van der Waals surface area contributed by atoms with Gasteiger partial charge < -0.3 is 25.2 Å². The summed E-state index contributed by atoms with van der Waals surface area (Å²) in [7, 11) is 0. The lowest BCUT2D eigenvalue weighted by Crippen LogP contribution is -2.42. The number of aliphatic hydroxyl groups excluding tert-OH is 2. The predicted octanol–water partition coefficient (Wildman–Crippen LogP) is 5.27. The quantitative estimate of drug-likeness (QED) is 0.311. The van der Waals surface area contributed by atoms with Crippen molar-refractivity contribution in [2.24, 2.45) is 5.92 Å². The number of nitrogens with zero attached hydrogens (tertiary/aromatic N) is 3. The van der Waals surface area contributed by atoms with E-state index in [0.717, 1.165) is 29.0 Å². The van der Waals surface area contributed by atoms with E-state index in [1.807, 2.05) is 6.92 Å². The third kappa shape index (κ3) is 6.08. The summed E-state index contributed by atoms with van der Waals surface area (Å²) in [5.74, 6) is -2.51. The second-order valence-corrected chi connectivity index (χ2v) is 12.6. The summed E-state index contributed by atoms with van der Waals surface area (Å²) in [6.45, 7) is 8.01. The first-order chi connectivity index (χ1) is 19.8. The Morgan fingerprint density at radius 2 is 1.86 bits per heavy atom. The molecule has 2 aromatic heterocycles. The van der Waals surface area contributed by atoms with E-state index in [-0.39, 0.29) is 21.6 Å². The fraction of sp³-hybridized carbons (Fsp3) is 0.448. The molecule has 1 unspecified atom stereocenters. The molecule has 13 heteroatoms. The van der Waals surface area contributed by atoms with Crippen LogP contribution in [0.2, 0.25) is 0 Å². The van der Waals surface area contributed by atoms with Crippen LogP contribution in [-0.2, 0) is 11.2 Å². The number of hydrogen-bond donors (Lipinski definition) is 4. The highest BCUT2D eigenvalue weighted by Gasteiger charge is 2.33. The van der Waals surface area contributed by atoms with Crippen LogP contribution >= 0.6 is 11.3 Å². The molecule has 42 heavy (non-hydrogen) atoms. The lowest BCUT2D eigenvalue weighted by molar-refractivity contribution is 0.0636. The van der Waals surface area contributed by atoms with E-state index in [1.165, 1.54) is 12.3 Å². The van der Waals surface area contributed by atoms with Crippen LogP contribution < -0.4 is 15.5 Å². The minimum atomic E-state index is -0.871. The van der Waals surface area contributed by atoms with Crippen molar-refractivity contribution >= 4 is 39.7 Å². The van der Waals surface area contributed by atoms with Crippen LogP contribution in [0.1, 0.15) is 68.4 Å². The Morgan fingerprint density at radius 1 is 1.14 bits per heavy atom. The minimum absolute atomic E-state index is 0.0289. The lowest BCUT2D eigenvalue weighted by atomic mass is 9.95. The molecule has 1 aliphatic heterocycles. The molecule has 0 spiro atoms. The van der Waals surface area contributed by atoms with Gasteiger partial charge in [0.25, 0.3) is 5.91 Å². The third-order valence-electron chi connectivity index (χ3n) is 7.22. The average Bonchev–Trinajstić information content (AvgIpc) is 3.48. The van der Waals surface area contributed by atoms with Gasteiger partial charge >= 0.3 is 6.09 Å². The normalized spacial score (nSPS) is 20.3. The Bertz CT molecular complexity index is 1500. The molecule has 1 aliphatic carbocycles. The van der Waals surface area contributed by atoms with Crippen LogP contribution in [0.5, 0.6) is 0 Å². The number of anilines is 3. The van der Waals surface area contributed by atoms with Gasteiger partial charge in [0.2, 0.25) is 0 Å². The Labute approximate surface area is 245 Å². The highest BCUT2D eigenvalue weighted by Crippen LogP contribution is 2.42. The number of carbonyl (C=O) groups excluding carboxylic acids is 2. The molecule has 1 aromatic carbocycles. The van der Waals surface area contributed by atoms with Gasteiger partial charge in [-0.2, -0.15) is 0 Å². The number of halogens is 2. The van der Waals surface area contributed by atoms with E-state index in [2.05, 4.69) is 25.5 Å². The van der Waals surface area contributed by atoms with E-state index in [1.54, 1.807) is 20.8 Å². The molecule has 1 fully saturated rings. The van der Waals surface area contributed by atoms with Crippen LogP contribution in [0, 0.1) is 17.6 Å². The number of amides is 2. The van der Waals surface area contributed by atoms with Crippen LogP contribution in [0.15, 0.2) is 24.4 Å². The summed E-state index contributed by atoms with van der Waals surface area (Å²) in [4.78, 5) is 37.1. The fourth-order valence-electron chi connectivity index (χ4n) is 5.24. The highest BCUT2D eigenvalue weighted by atomic mass is 32.1. The first-order valence-corrected chi connectivity index (χ1v) is 14.5. The van der Waals surface area contributed by atoms with Crippen LogP contribution in [0.4, 0.5) is 30.0 Å². The predicted molar refractivity (Wildman–Crippen MR) is 155 cm³/mol. The maximum atomic E-state index is 14.6. The zero-order valence-electron chi connectivity index (χ0n) is 23.7. The van der Waals surface area contributed by atoms with Crippen molar-refractivity contribution in [3.05, 3.63) is 53.0 Å². The number of carbonyl (C=O) groups is 2. The van der Waals surface area contributed by atoms with Crippen molar-refractivity contribution in [3.8, 4) is 10.6 Å². The molecule has 10 nitrogen and oxygen atoms in total. The summed E-state index contributed by atoms with van der Waals surface area (Å²) in [6.07, 6.45) is 0.992. The molecule has 0 saturated carbocycles. The first kappa shape index (κ1) is 29.8. The van der Waals surface area contributed by atoms with Crippen LogP contribution in [-0.4, -0.2) is 57.0 Å². The number of benzene rings is 1. The van der Waals surface area contributed by atoms with E-state index in [4.69, 9.17) is 4.74 Å². The number of hydrogen-bond acceptors (Lipinski definition) is 9. The van der Waals surface area contributed by atoms with Crippen LogP contribution in [0.25, 0.3) is 10.6 Å². The number of piperidine rings is 1. The Hall–Kier alpha value is -3.68. The Balaban J connectivity index is 1.53. The summed E-state index contributed by atoms with van der Waals surface area (Å²) in [6, 6.07) is 3.37. The smallest absolute Gasteiger partial charge is 0.412 e. The van der Waals surface area contributed by atoms with Gasteiger partial charge in [-0.15, -0.1) is 0 Å². The highest BCUT2D eigenvalue weighted by molar-refractivity contribution is 7.19. The molecule has 0 bridgehead atoms. The monoisotopic (exact) mass is 601 g/mol. The Kier molecular flexibility index (Phi) is 8.19. The zero-order valence-corrected chi connectivity index (χ0v) is 24.5. The van der Waals surface area contributed by atoms with E-state index in [9.17, 15) is 28.6 Å². The molecular formula is C29H33F2N5O5S. The number of thiazole rings is 1. The number of pyridine rings is 1. The van der Waals surface area contributed by atoms with Crippen molar-refractivity contribution in [1.82, 2.24) is 9.97 Å². The van der Waals surface area contributed by atoms with Gasteiger partial charge in [0, 0.05) is 18.7 Å². The van der Waals surface area contributed by atoms with Gasteiger partial charge in [-0.3, -0.25) is 15.1 Å². The van der Waals surface area contributed by atoms with Gasteiger partial charge in [-0.25, -0.2) is 18.6 Å². The average molecular weight is 602 g/mol. The minimum Gasteiger partial charge on any atom is -0.444 e. The number of rotatable bonds is 5. The molecule has 3 aromatic rings. The van der Waals surface area contributed by atoms with Crippen molar-refractivity contribution in [1.29, 1.82) is 0 Å². The van der Waals surface area contributed by atoms with E-state index < -0.39 is 47.0 Å². The molecular weight excluding hydrogens is 568 g/mol. The topological polar surface area (TPSA) is 137 Å². The van der Waals surface area contributed by atoms with Gasteiger partial charge in [0.15, 0.2) is 5.69 Å². The number of fused-ring (bicyclic) bond motifs is 1. The molecule has 3 atom stereocenters. The summed E-state index contributed by atoms with van der Waals surface area (Å²) in [5.41, 5.74) is 0.864. The number of aliphatic hydroxyl groups is 2. The first-order valence-electron chi connectivity index (χ1n) is 13.7. The second kappa shape index (κ2) is 11.5. The summed E-state index contributed by atoms with van der Waals surface area (Å²) >= 11 is 0.737. The Morgan fingerprint density at radius 3 is 2.52 bits per heavy atom. The van der Waals surface area contributed by atoms with Crippen molar-refractivity contribution in [3.63, 3.8) is 0 Å². The van der Waals surface area contributed by atoms with E-state index in [0.29, 0.717) is 49.4 Å². The number of ether oxygens (including phenoxy) is 1. The maximum Gasteiger partial charge on any atom is 0.412 e. The largest absolute Gasteiger partial charge is 0.444 e. The molecule has 0 radical (unpaired) electrons. The van der Waals surface area contributed by atoms with Gasteiger partial charge in [0.05, 0.1) is 41.0 Å². The molecule has 3 heterocycles. The van der Waals surface area contributed by atoms with Crippen molar-refractivity contribution < 1.29 is 33.3 Å². The molecule has 5 rings (SSSR count). The summed E-state index contributed by atoms with van der Waals surface area (Å²) < 4.78 is 34.6. The molecule has 224 valence electrons. The van der Waals surface area contributed by atoms with Gasteiger partial charge in [-0.05, 0) is 58.1 Å². The van der Waals surface area contributed by atoms with Crippen LogP contribution in [0.3, 0.4) is 0 Å². The second-order valence-electron chi connectivity index (χ2n) is 11.6.